The molecule has 0 bridgehead atoms. The molecule has 0 aliphatic carbocycles. The van der Waals surface area contributed by atoms with Crippen molar-refractivity contribution in [2.24, 2.45) is 0 Å². The van der Waals surface area contributed by atoms with E-state index in [1.54, 1.807) is 10.7 Å². The third-order valence-corrected chi connectivity index (χ3v) is 2.37. The number of ketones is 1. The molecule has 2 aromatic rings. The normalized spacial score (nSPS) is 10.6. The summed E-state index contributed by atoms with van der Waals surface area (Å²) in [5, 5.41) is 4.02. The standard InChI is InChI=1S/C11H13N3O2/c1-3-14-11(12-7-13-14)5-10(15)9-4-8(2)16-6-9/h4,6-7H,3,5H2,1-2H3. The van der Waals surface area contributed by atoms with E-state index < -0.39 is 0 Å². The zero-order valence-corrected chi connectivity index (χ0v) is 9.30. The first kappa shape index (κ1) is 10.6. The number of Topliss-reactive ketones (excluding diaryl/α,β-unsaturated/α-hetero) is 1. The van der Waals surface area contributed by atoms with E-state index in [1.165, 1.54) is 12.6 Å². The fourth-order valence-corrected chi connectivity index (χ4v) is 1.52. The summed E-state index contributed by atoms with van der Waals surface area (Å²) >= 11 is 0. The van der Waals surface area contributed by atoms with Crippen LogP contribution in [0.4, 0.5) is 0 Å². The molecule has 5 heteroatoms. The second-order valence-corrected chi connectivity index (χ2v) is 3.54. The summed E-state index contributed by atoms with van der Waals surface area (Å²) in [5.74, 6) is 1.42. The molecular weight excluding hydrogens is 206 g/mol. The van der Waals surface area contributed by atoms with Crippen molar-refractivity contribution in [1.29, 1.82) is 0 Å². The van der Waals surface area contributed by atoms with Crippen LogP contribution >= 0.6 is 0 Å². The maximum atomic E-state index is 11.9. The average Bonchev–Trinajstić information content (AvgIpc) is 2.86. The Bertz CT molecular complexity index is 499. The highest BCUT2D eigenvalue weighted by molar-refractivity contribution is 5.96. The highest BCUT2D eigenvalue weighted by atomic mass is 16.3. The van der Waals surface area contributed by atoms with Crippen molar-refractivity contribution in [3.63, 3.8) is 0 Å². The number of carbonyl (C=O) groups is 1. The number of hydrogen-bond donors (Lipinski definition) is 0. The van der Waals surface area contributed by atoms with Crippen LogP contribution in [0.3, 0.4) is 0 Å². The zero-order chi connectivity index (χ0) is 11.5. The summed E-state index contributed by atoms with van der Waals surface area (Å²) in [7, 11) is 0. The summed E-state index contributed by atoms with van der Waals surface area (Å²) in [6.07, 6.45) is 3.20. The van der Waals surface area contributed by atoms with Crippen LogP contribution in [0.1, 0.15) is 28.9 Å². The van der Waals surface area contributed by atoms with Gasteiger partial charge in [-0.3, -0.25) is 4.79 Å². The number of carbonyl (C=O) groups excluding carboxylic acids is 1. The molecule has 0 saturated heterocycles. The average molecular weight is 219 g/mol. The number of aromatic nitrogens is 3. The first-order valence-electron chi connectivity index (χ1n) is 5.15. The fourth-order valence-electron chi connectivity index (χ4n) is 1.52. The first-order valence-corrected chi connectivity index (χ1v) is 5.15. The van der Waals surface area contributed by atoms with Crippen molar-refractivity contribution < 1.29 is 9.21 Å². The van der Waals surface area contributed by atoms with E-state index in [0.717, 1.165) is 5.76 Å². The molecule has 2 aromatic heterocycles. The van der Waals surface area contributed by atoms with Gasteiger partial charge in [0.15, 0.2) is 5.78 Å². The van der Waals surface area contributed by atoms with E-state index in [1.807, 2.05) is 13.8 Å². The van der Waals surface area contributed by atoms with Gasteiger partial charge in [-0.15, -0.1) is 0 Å². The molecule has 16 heavy (non-hydrogen) atoms. The summed E-state index contributed by atoms with van der Waals surface area (Å²) in [5.41, 5.74) is 0.586. The highest BCUT2D eigenvalue weighted by Gasteiger charge is 2.13. The maximum absolute atomic E-state index is 11.9. The van der Waals surface area contributed by atoms with E-state index in [9.17, 15) is 4.79 Å². The number of rotatable bonds is 4. The zero-order valence-electron chi connectivity index (χ0n) is 9.30. The minimum Gasteiger partial charge on any atom is -0.469 e. The van der Waals surface area contributed by atoms with Gasteiger partial charge >= 0.3 is 0 Å². The minimum atomic E-state index is -0.000417. The van der Waals surface area contributed by atoms with Gasteiger partial charge in [0.05, 0.1) is 12.0 Å². The van der Waals surface area contributed by atoms with Gasteiger partial charge in [-0.05, 0) is 19.9 Å². The van der Waals surface area contributed by atoms with Gasteiger partial charge in [-0.2, -0.15) is 5.10 Å². The predicted molar refractivity (Wildman–Crippen MR) is 57.2 cm³/mol. The lowest BCUT2D eigenvalue weighted by molar-refractivity contribution is 0.0989. The molecule has 0 unspecified atom stereocenters. The van der Waals surface area contributed by atoms with Crippen molar-refractivity contribution in [3.8, 4) is 0 Å². The number of hydrogen-bond acceptors (Lipinski definition) is 4. The SMILES string of the molecule is CCn1ncnc1CC(=O)c1coc(C)c1. The van der Waals surface area contributed by atoms with Crippen molar-refractivity contribution in [1.82, 2.24) is 14.8 Å². The Hall–Kier alpha value is -1.91. The molecular formula is C11H13N3O2. The van der Waals surface area contributed by atoms with Gasteiger partial charge in [0.1, 0.15) is 24.2 Å². The highest BCUT2D eigenvalue weighted by Crippen LogP contribution is 2.09. The molecule has 0 aliphatic rings. The molecule has 5 nitrogen and oxygen atoms in total. The van der Waals surface area contributed by atoms with Crippen molar-refractivity contribution in [3.05, 3.63) is 35.8 Å². The van der Waals surface area contributed by atoms with Gasteiger partial charge in [0, 0.05) is 6.54 Å². The first-order chi connectivity index (χ1) is 7.70. The number of furan rings is 1. The monoisotopic (exact) mass is 219 g/mol. The lowest BCUT2D eigenvalue weighted by Gasteiger charge is -2.00. The van der Waals surface area contributed by atoms with Crippen LogP contribution in [0.25, 0.3) is 0 Å². The third kappa shape index (κ3) is 2.03. The maximum Gasteiger partial charge on any atom is 0.173 e. The molecule has 0 fully saturated rings. The molecule has 2 rings (SSSR count). The Labute approximate surface area is 93.1 Å². The molecule has 2 heterocycles. The summed E-state index contributed by atoms with van der Waals surface area (Å²) in [6, 6.07) is 1.73. The van der Waals surface area contributed by atoms with Crippen molar-refractivity contribution >= 4 is 5.78 Å². The Morgan fingerprint density at radius 3 is 3.00 bits per heavy atom. The lowest BCUT2D eigenvalue weighted by atomic mass is 10.1. The van der Waals surface area contributed by atoms with Crippen LogP contribution in [0, 0.1) is 6.92 Å². The van der Waals surface area contributed by atoms with Crippen LogP contribution < -0.4 is 0 Å². The van der Waals surface area contributed by atoms with E-state index in [-0.39, 0.29) is 12.2 Å². The van der Waals surface area contributed by atoms with E-state index >= 15 is 0 Å². The Morgan fingerprint density at radius 2 is 2.38 bits per heavy atom. The van der Waals surface area contributed by atoms with Gasteiger partial charge in [0.2, 0.25) is 0 Å². The third-order valence-electron chi connectivity index (χ3n) is 2.37. The van der Waals surface area contributed by atoms with E-state index in [4.69, 9.17) is 4.42 Å². The van der Waals surface area contributed by atoms with Crippen LogP contribution in [-0.2, 0) is 13.0 Å². The second-order valence-electron chi connectivity index (χ2n) is 3.54. The summed E-state index contributed by atoms with van der Waals surface area (Å²) < 4.78 is 6.81. The van der Waals surface area contributed by atoms with Crippen LogP contribution in [0.5, 0.6) is 0 Å². The fraction of sp³-hybridized carbons (Fsp3) is 0.364. The molecule has 0 saturated carbocycles. The van der Waals surface area contributed by atoms with Crippen LogP contribution in [0.15, 0.2) is 23.1 Å². The van der Waals surface area contributed by atoms with Crippen molar-refractivity contribution in [2.75, 3.05) is 0 Å². The van der Waals surface area contributed by atoms with Gasteiger partial charge < -0.3 is 4.42 Å². The lowest BCUT2D eigenvalue weighted by Crippen LogP contribution is -2.10. The van der Waals surface area contributed by atoms with E-state index in [2.05, 4.69) is 10.1 Å². The smallest absolute Gasteiger partial charge is 0.173 e. The number of nitrogens with zero attached hydrogens (tertiary/aromatic N) is 3. The van der Waals surface area contributed by atoms with Crippen LogP contribution in [-0.4, -0.2) is 20.5 Å². The topological polar surface area (TPSA) is 60.9 Å². The minimum absolute atomic E-state index is 0.000417. The Morgan fingerprint density at radius 1 is 1.56 bits per heavy atom. The predicted octanol–water partition coefficient (Wildman–Crippen LogP) is 1.62. The largest absolute Gasteiger partial charge is 0.469 e. The molecule has 0 amide bonds. The van der Waals surface area contributed by atoms with E-state index in [0.29, 0.717) is 17.9 Å². The molecule has 0 aromatic carbocycles. The molecule has 0 aliphatic heterocycles. The summed E-state index contributed by atoms with van der Waals surface area (Å²) in [4.78, 5) is 15.9. The van der Waals surface area contributed by atoms with Gasteiger partial charge in [0.25, 0.3) is 0 Å². The molecule has 0 radical (unpaired) electrons. The quantitative estimate of drug-likeness (QED) is 0.733. The second kappa shape index (κ2) is 4.30. The van der Waals surface area contributed by atoms with Gasteiger partial charge in [-0.1, -0.05) is 0 Å². The van der Waals surface area contributed by atoms with Crippen molar-refractivity contribution in [2.45, 2.75) is 26.8 Å². The Kier molecular flexibility index (Phi) is 2.85. The number of aryl methyl sites for hydroxylation is 2. The Balaban J connectivity index is 2.13. The molecule has 84 valence electrons. The van der Waals surface area contributed by atoms with Crippen LogP contribution in [0.2, 0.25) is 0 Å². The summed E-state index contributed by atoms with van der Waals surface area (Å²) in [6.45, 7) is 4.49. The molecule has 0 atom stereocenters. The van der Waals surface area contributed by atoms with Gasteiger partial charge in [-0.25, -0.2) is 9.67 Å². The molecule has 0 spiro atoms. The molecule has 0 N–H and O–H groups in total.